The summed E-state index contributed by atoms with van der Waals surface area (Å²) in [6.45, 7) is 29.1. The predicted octanol–water partition coefficient (Wildman–Crippen LogP) is 8.26. The highest BCUT2D eigenvalue weighted by Gasteiger charge is 2.71. The predicted molar refractivity (Wildman–Crippen MR) is 216 cm³/mol. The first-order valence-corrected chi connectivity index (χ1v) is 22.2. The molecular weight excluding hydrogens is 711 g/mol. The van der Waals surface area contributed by atoms with Gasteiger partial charge >= 0.3 is 17.9 Å². The van der Waals surface area contributed by atoms with Gasteiger partial charge in [-0.15, -0.1) is 0 Å². The summed E-state index contributed by atoms with van der Waals surface area (Å²) in [6, 6.07) is -0.833. The summed E-state index contributed by atoms with van der Waals surface area (Å²) in [6.07, 6.45) is 6.89. The van der Waals surface area contributed by atoms with Crippen molar-refractivity contribution >= 4 is 17.9 Å². The van der Waals surface area contributed by atoms with Crippen LogP contribution in [0.2, 0.25) is 0 Å². The summed E-state index contributed by atoms with van der Waals surface area (Å²) in [5.74, 6) is 1.51. The van der Waals surface area contributed by atoms with Crippen molar-refractivity contribution < 1.29 is 43.2 Å². The molecule has 1 saturated heterocycles. The Hall–Kier alpha value is -1.75. The molecule has 2 N–H and O–H groups in total. The van der Waals surface area contributed by atoms with Crippen LogP contribution >= 0.6 is 0 Å². The van der Waals surface area contributed by atoms with E-state index in [2.05, 4.69) is 60.7 Å². The Morgan fingerprint density at radius 1 is 0.911 bits per heavy atom. The summed E-state index contributed by atoms with van der Waals surface area (Å²) in [5, 5.41) is 13.6. The average molecular weight is 790 g/mol. The monoisotopic (exact) mass is 790 g/mol. The van der Waals surface area contributed by atoms with Crippen LogP contribution in [0.25, 0.3) is 0 Å². The fourth-order valence-electron chi connectivity index (χ4n) is 14.2. The van der Waals surface area contributed by atoms with Crippen LogP contribution in [0.1, 0.15) is 154 Å². The number of hydrogen-bond donors (Lipinski definition) is 2. The Morgan fingerprint density at radius 3 is 2.12 bits per heavy atom. The van der Waals surface area contributed by atoms with Gasteiger partial charge in [0.25, 0.3) is 0 Å². The van der Waals surface area contributed by atoms with Crippen molar-refractivity contribution in [3.63, 3.8) is 0 Å². The molecule has 0 aromatic rings. The molecule has 4 saturated carbocycles. The Labute approximate surface area is 339 Å². The number of aliphatic hydroxyl groups excluding tert-OH is 1. The topological polar surface area (TPSA) is 130 Å². The van der Waals surface area contributed by atoms with Gasteiger partial charge in [-0.2, -0.15) is 0 Å². The first kappa shape index (κ1) is 45.3. The van der Waals surface area contributed by atoms with E-state index < -0.39 is 60.3 Å². The smallest absolute Gasteiger partial charge is 0.325 e. The average Bonchev–Trinajstić information content (AvgIpc) is 3.50. The summed E-state index contributed by atoms with van der Waals surface area (Å²) in [5.41, 5.74) is 0.247. The van der Waals surface area contributed by atoms with Gasteiger partial charge in [-0.3, -0.25) is 14.4 Å². The number of nitrogens with one attached hydrogen (secondary N) is 1. The Bertz CT molecular complexity index is 1420. The molecule has 0 spiro atoms. The van der Waals surface area contributed by atoms with Crippen molar-refractivity contribution in [2.75, 3.05) is 13.7 Å². The maximum Gasteiger partial charge on any atom is 0.325 e. The first-order valence-electron chi connectivity index (χ1n) is 22.2. The number of rotatable bonds is 13. The number of hydrogen-bond acceptors (Lipinski definition) is 10. The van der Waals surface area contributed by atoms with E-state index in [1.54, 1.807) is 6.92 Å². The Balaban J connectivity index is 1.50. The van der Waals surface area contributed by atoms with Crippen LogP contribution in [-0.4, -0.2) is 79.0 Å². The van der Waals surface area contributed by atoms with Gasteiger partial charge in [0.1, 0.15) is 12.1 Å². The SMILES string of the molecule is CC[C@H]1O[C@H](O[C@@](C)(CCCN[C@@H](C(=O)OC)[C@@H](C)O)C2CC[C@]3(C)[C@@H]2C(C)CC2[C@@]4(C)CC[C@H](C)C(C)(C)C4CC[C@]23C)[C@H](OC(C)=O)[C@@H](C)[C@@H]1OC(C)=O. The first-order chi connectivity index (χ1) is 26.0. The molecule has 0 bridgehead atoms. The lowest BCUT2D eigenvalue weighted by Crippen LogP contribution is -2.65. The maximum absolute atomic E-state index is 12.6. The van der Waals surface area contributed by atoms with E-state index in [4.69, 9.17) is 23.7 Å². The van der Waals surface area contributed by atoms with Gasteiger partial charge in [-0.1, -0.05) is 62.3 Å². The molecule has 5 rings (SSSR count). The van der Waals surface area contributed by atoms with Crippen molar-refractivity contribution in [2.24, 2.45) is 63.1 Å². The molecule has 0 amide bonds. The number of carbonyl (C=O) groups excluding carboxylic acids is 3. The molecule has 0 aromatic heterocycles. The molecule has 5 fully saturated rings. The van der Waals surface area contributed by atoms with Crippen molar-refractivity contribution in [2.45, 2.75) is 197 Å². The summed E-state index contributed by atoms with van der Waals surface area (Å²) in [7, 11) is 1.33. The highest BCUT2D eigenvalue weighted by molar-refractivity contribution is 5.76. The zero-order valence-electron chi connectivity index (χ0n) is 37.5. The Kier molecular flexibility index (Phi) is 13.5. The third-order valence-corrected chi connectivity index (χ3v) is 17.6. The second-order valence-electron chi connectivity index (χ2n) is 20.8. The lowest BCUT2D eigenvalue weighted by Gasteiger charge is -2.71. The molecule has 4 aliphatic carbocycles. The summed E-state index contributed by atoms with van der Waals surface area (Å²) < 4.78 is 30.9. The molecule has 0 radical (unpaired) electrons. The van der Waals surface area contributed by atoms with Gasteiger partial charge in [0.2, 0.25) is 0 Å². The standard InChI is InChI=1S/C46H79NO9/c1-15-33-38(53-30(6)49)28(4)39(54-31(7)50)41(55-33)56-46(13,20-16-24-47-37(29(5)48)40(51)52-14)32-18-22-45(12)36(32)26(2)25-35-43(10)21-17-27(3)42(8,9)34(43)19-23-44(35,45)11/h26-29,32-39,41,47-48H,15-25H2,1-14H3/t26?,27-,28-,29+,32?,33+,34?,35?,36+,37+,38-,39+,41+,43-,44+,45+,46-/m0/s1. The van der Waals surface area contributed by atoms with E-state index >= 15 is 0 Å². The van der Waals surface area contributed by atoms with Gasteiger partial charge in [0.15, 0.2) is 12.4 Å². The molecule has 56 heavy (non-hydrogen) atoms. The quantitative estimate of drug-likeness (QED) is 0.107. The van der Waals surface area contributed by atoms with Crippen LogP contribution in [0.15, 0.2) is 0 Å². The third-order valence-electron chi connectivity index (χ3n) is 17.6. The Morgan fingerprint density at radius 2 is 1.54 bits per heavy atom. The minimum atomic E-state index is -0.912. The maximum atomic E-state index is 12.6. The van der Waals surface area contributed by atoms with Crippen molar-refractivity contribution in [1.29, 1.82) is 0 Å². The van der Waals surface area contributed by atoms with Crippen LogP contribution in [0, 0.1) is 63.1 Å². The van der Waals surface area contributed by atoms with Gasteiger partial charge < -0.3 is 34.1 Å². The van der Waals surface area contributed by atoms with Gasteiger partial charge in [0, 0.05) is 19.8 Å². The van der Waals surface area contributed by atoms with Gasteiger partial charge in [-0.05, 0) is 142 Å². The van der Waals surface area contributed by atoms with Gasteiger partial charge in [-0.25, -0.2) is 0 Å². The number of methoxy groups -OCH3 is 1. The van der Waals surface area contributed by atoms with E-state index in [-0.39, 0.29) is 22.7 Å². The molecular formula is C46H79NO9. The summed E-state index contributed by atoms with van der Waals surface area (Å²) in [4.78, 5) is 37.4. The summed E-state index contributed by atoms with van der Waals surface area (Å²) >= 11 is 0. The van der Waals surface area contributed by atoms with Crippen molar-refractivity contribution in [3.8, 4) is 0 Å². The molecule has 5 aliphatic rings. The van der Waals surface area contributed by atoms with E-state index in [1.165, 1.54) is 53.1 Å². The number of aliphatic hydroxyl groups is 1. The van der Waals surface area contributed by atoms with E-state index in [9.17, 15) is 19.5 Å². The van der Waals surface area contributed by atoms with Crippen LogP contribution in [0.4, 0.5) is 0 Å². The fraction of sp³-hybridized carbons (Fsp3) is 0.935. The number of ether oxygens (including phenoxy) is 5. The molecule has 17 atom stereocenters. The van der Waals surface area contributed by atoms with Crippen LogP contribution < -0.4 is 5.32 Å². The molecule has 4 unspecified atom stereocenters. The van der Waals surface area contributed by atoms with E-state index in [1.807, 2.05) is 13.8 Å². The largest absolute Gasteiger partial charge is 0.468 e. The van der Waals surface area contributed by atoms with Gasteiger partial charge in [0.05, 0.1) is 24.9 Å². The zero-order valence-corrected chi connectivity index (χ0v) is 37.5. The lowest BCUT2D eigenvalue weighted by molar-refractivity contribution is -0.326. The number of carbonyl (C=O) groups is 3. The molecule has 10 heteroatoms. The number of fused-ring (bicyclic) bond motifs is 5. The van der Waals surface area contributed by atoms with Crippen LogP contribution in [-0.2, 0) is 38.1 Å². The second-order valence-corrected chi connectivity index (χ2v) is 20.8. The molecule has 1 heterocycles. The van der Waals surface area contributed by atoms with Crippen molar-refractivity contribution in [1.82, 2.24) is 5.32 Å². The third kappa shape index (κ3) is 7.85. The molecule has 1 aliphatic heterocycles. The van der Waals surface area contributed by atoms with Crippen LogP contribution in [0.5, 0.6) is 0 Å². The fourth-order valence-corrected chi connectivity index (χ4v) is 14.2. The minimum absolute atomic E-state index is 0.106. The van der Waals surface area contributed by atoms with Crippen molar-refractivity contribution in [3.05, 3.63) is 0 Å². The van der Waals surface area contributed by atoms with Crippen LogP contribution in [0.3, 0.4) is 0 Å². The lowest BCUT2D eigenvalue weighted by atomic mass is 9.34. The van der Waals surface area contributed by atoms with E-state index in [0.29, 0.717) is 54.4 Å². The molecule has 0 aromatic carbocycles. The second kappa shape index (κ2) is 16.7. The normalized spacial score (nSPS) is 43.9. The molecule has 10 nitrogen and oxygen atoms in total. The molecule has 322 valence electrons. The highest BCUT2D eigenvalue weighted by atomic mass is 16.7. The van der Waals surface area contributed by atoms with E-state index in [0.717, 1.165) is 24.7 Å². The number of esters is 3. The highest BCUT2D eigenvalue weighted by Crippen LogP contribution is 2.77. The zero-order chi connectivity index (χ0) is 41.8. The minimum Gasteiger partial charge on any atom is -0.468 e.